The number of aliphatic imine (C=N–C) groups is 1. The lowest BCUT2D eigenvalue weighted by Gasteiger charge is -2.17. The predicted molar refractivity (Wildman–Crippen MR) is 152 cm³/mol. The summed E-state index contributed by atoms with van der Waals surface area (Å²) in [6, 6.07) is 19.9. The third-order valence-electron chi connectivity index (χ3n) is 6.01. The number of fused-ring (bicyclic) bond motifs is 2. The lowest BCUT2D eigenvalue weighted by atomic mass is 10.2. The van der Waals surface area contributed by atoms with Gasteiger partial charge in [-0.1, -0.05) is 29.5 Å². The number of aryl methyl sites for hydroxylation is 2. The SMILES string of the molecule is COc1ccc2c(c1)N(C)C(=C1SC(=Nc3ccc4sc(C)nc4c3)N(c3ccc(C)cc3)C1=O)S2. The molecular formula is C27H22N4O2S3. The first-order valence-electron chi connectivity index (χ1n) is 11.3. The third-order valence-corrected chi connectivity index (χ3v) is 9.36. The molecule has 4 aromatic rings. The minimum atomic E-state index is -0.0812. The molecule has 3 heterocycles. The van der Waals surface area contributed by atoms with Gasteiger partial charge in [0.1, 0.15) is 10.7 Å². The van der Waals surface area contributed by atoms with Gasteiger partial charge in [0.2, 0.25) is 0 Å². The van der Waals surface area contributed by atoms with Gasteiger partial charge in [0.25, 0.3) is 5.91 Å². The van der Waals surface area contributed by atoms with Crippen LogP contribution in [0.5, 0.6) is 5.75 Å². The summed E-state index contributed by atoms with van der Waals surface area (Å²) >= 11 is 4.67. The number of carbonyl (C=O) groups is 1. The topological polar surface area (TPSA) is 58.0 Å². The molecule has 3 aromatic carbocycles. The van der Waals surface area contributed by atoms with E-state index in [0.29, 0.717) is 10.1 Å². The molecule has 180 valence electrons. The van der Waals surface area contributed by atoms with Gasteiger partial charge in [0, 0.05) is 18.0 Å². The predicted octanol–water partition coefficient (Wildman–Crippen LogP) is 7.10. The van der Waals surface area contributed by atoms with Crippen molar-refractivity contribution >= 4 is 73.2 Å². The van der Waals surface area contributed by atoms with Crippen molar-refractivity contribution in [1.82, 2.24) is 4.98 Å². The lowest BCUT2D eigenvalue weighted by molar-refractivity contribution is -0.113. The largest absolute Gasteiger partial charge is 0.497 e. The number of nitrogens with zero attached hydrogens (tertiary/aromatic N) is 4. The van der Waals surface area contributed by atoms with Crippen molar-refractivity contribution in [2.45, 2.75) is 18.7 Å². The Labute approximate surface area is 221 Å². The van der Waals surface area contributed by atoms with Crippen LogP contribution < -0.4 is 14.5 Å². The fourth-order valence-electron chi connectivity index (χ4n) is 4.16. The molecule has 1 fully saturated rings. The summed E-state index contributed by atoms with van der Waals surface area (Å²) in [7, 11) is 3.64. The molecule has 0 saturated carbocycles. The van der Waals surface area contributed by atoms with E-state index in [0.717, 1.165) is 53.5 Å². The van der Waals surface area contributed by atoms with Gasteiger partial charge in [0.05, 0.1) is 44.4 Å². The van der Waals surface area contributed by atoms with Crippen LogP contribution in [0, 0.1) is 13.8 Å². The number of amidine groups is 1. The second-order valence-corrected chi connectivity index (χ2v) is 11.7. The number of benzene rings is 3. The Morgan fingerprint density at radius 1 is 0.972 bits per heavy atom. The number of hydrogen-bond acceptors (Lipinski definition) is 8. The van der Waals surface area contributed by atoms with Gasteiger partial charge in [-0.05, 0) is 68.1 Å². The van der Waals surface area contributed by atoms with E-state index >= 15 is 0 Å². The summed E-state index contributed by atoms with van der Waals surface area (Å²) in [6.07, 6.45) is 0. The maximum absolute atomic E-state index is 13.9. The number of hydrogen-bond donors (Lipinski definition) is 0. The standard InChI is InChI=1S/C27H22N4O2S3/c1-15-5-8-18(9-6-15)31-25(32)24(26-30(3)21-14-19(33-4)10-12-23(21)35-26)36-27(31)29-17-7-11-22-20(13-17)28-16(2)34-22/h5-14H,1-4H3. The van der Waals surface area contributed by atoms with Gasteiger partial charge in [0.15, 0.2) is 5.17 Å². The Morgan fingerprint density at radius 2 is 1.78 bits per heavy atom. The molecule has 1 amide bonds. The summed E-state index contributed by atoms with van der Waals surface area (Å²) < 4.78 is 6.54. The summed E-state index contributed by atoms with van der Waals surface area (Å²) in [5, 5.41) is 2.53. The maximum atomic E-state index is 13.9. The highest BCUT2D eigenvalue weighted by atomic mass is 32.2. The molecule has 0 N–H and O–H groups in total. The van der Waals surface area contributed by atoms with E-state index in [-0.39, 0.29) is 5.91 Å². The number of aromatic nitrogens is 1. The first kappa shape index (κ1) is 23.1. The van der Waals surface area contributed by atoms with E-state index in [2.05, 4.69) is 9.88 Å². The van der Waals surface area contributed by atoms with Gasteiger partial charge in [-0.25, -0.2) is 9.98 Å². The second-order valence-electron chi connectivity index (χ2n) is 8.49. The maximum Gasteiger partial charge on any atom is 0.274 e. The van der Waals surface area contributed by atoms with Crippen LogP contribution in [0.1, 0.15) is 10.6 Å². The Kier molecular flexibility index (Phi) is 5.78. The quantitative estimate of drug-likeness (QED) is 0.263. The van der Waals surface area contributed by atoms with Crippen LogP contribution in [0.3, 0.4) is 0 Å². The first-order chi connectivity index (χ1) is 17.4. The zero-order valence-electron chi connectivity index (χ0n) is 20.1. The van der Waals surface area contributed by atoms with Crippen LogP contribution >= 0.6 is 34.9 Å². The molecule has 6 nitrogen and oxygen atoms in total. The molecule has 0 spiro atoms. The number of thioether (sulfide) groups is 2. The van der Waals surface area contributed by atoms with Gasteiger partial charge in [-0.2, -0.15) is 0 Å². The summed E-state index contributed by atoms with van der Waals surface area (Å²) in [5.41, 5.74) is 4.64. The monoisotopic (exact) mass is 530 g/mol. The average molecular weight is 531 g/mol. The van der Waals surface area contributed by atoms with Crippen LogP contribution in [-0.2, 0) is 4.79 Å². The molecule has 0 radical (unpaired) electrons. The van der Waals surface area contributed by atoms with Crippen LogP contribution in [0.25, 0.3) is 10.2 Å². The van der Waals surface area contributed by atoms with Crippen LogP contribution in [0.2, 0.25) is 0 Å². The minimum Gasteiger partial charge on any atom is -0.497 e. The molecule has 9 heteroatoms. The molecule has 2 aliphatic rings. The molecule has 2 aliphatic heterocycles. The molecular weight excluding hydrogens is 509 g/mol. The zero-order valence-corrected chi connectivity index (χ0v) is 22.6. The molecule has 0 atom stereocenters. The fraction of sp³-hybridized carbons (Fsp3) is 0.148. The van der Waals surface area contributed by atoms with E-state index in [4.69, 9.17) is 9.73 Å². The van der Waals surface area contributed by atoms with Crippen LogP contribution in [-0.4, -0.2) is 30.2 Å². The number of anilines is 2. The molecule has 1 saturated heterocycles. The van der Waals surface area contributed by atoms with E-state index in [1.807, 2.05) is 81.6 Å². The normalized spacial score (nSPS) is 18.6. The Hall–Kier alpha value is -3.27. The summed E-state index contributed by atoms with van der Waals surface area (Å²) in [6.45, 7) is 4.04. The fourth-order valence-corrected chi connectivity index (χ4v) is 7.30. The number of ether oxygens (including phenoxy) is 1. The molecule has 0 aliphatic carbocycles. The van der Waals surface area contributed by atoms with E-state index < -0.39 is 0 Å². The van der Waals surface area contributed by atoms with E-state index in [1.54, 1.807) is 35.1 Å². The minimum absolute atomic E-state index is 0.0812. The lowest BCUT2D eigenvalue weighted by Crippen LogP contribution is -2.29. The van der Waals surface area contributed by atoms with Crippen molar-refractivity contribution in [1.29, 1.82) is 0 Å². The highest BCUT2D eigenvalue weighted by molar-refractivity contribution is 8.20. The van der Waals surface area contributed by atoms with Gasteiger partial charge in [-0.15, -0.1) is 11.3 Å². The smallest absolute Gasteiger partial charge is 0.274 e. The molecule has 0 bridgehead atoms. The van der Waals surface area contributed by atoms with Crippen molar-refractivity contribution in [2.24, 2.45) is 4.99 Å². The van der Waals surface area contributed by atoms with Crippen molar-refractivity contribution in [2.75, 3.05) is 24.0 Å². The molecule has 36 heavy (non-hydrogen) atoms. The second kappa shape index (κ2) is 8.99. The zero-order chi connectivity index (χ0) is 25.0. The van der Waals surface area contributed by atoms with Crippen molar-refractivity contribution in [3.8, 4) is 5.75 Å². The number of rotatable bonds is 3. The highest BCUT2D eigenvalue weighted by Crippen LogP contribution is 2.51. The van der Waals surface area contributed by atoms with Crippen LogP contribution in [0.15, 0.2) is 80.5 Å². The van der Waals surface area contributed by atoms with Gasteiger partial charge < -0.3 is 9.64 Å². The number of carbonyl (C=O) groups excluding carboxylic acids is 1. The number of methoxy groups -OCH3 is 1. The van der Waals surface area contributed by atoms with Crippen molar-refractivity contribution in [3.05, 3.63) is 81.2 Å². The Morgan fingerprint density at radius 3 is 2.56 bits per heavy atom. The summed E-state index contributed by atoms with van der Waals surface area (Å²) in [5.74, 6) is 0.705. The Balaban J connectivity index is 1.45. The highest BCUT2D eigenvalue weighted by Gasteiger charge is 2.40. The van der Waals surface area contributed by atoms with Gasteiger partial charge >= 0.3 is 0 Å². The average Bonchev–Trinajstić information content (AvgIpc) is 3.51. The Bertz CT molecular complexity index is 1590. The van der Waals surface area contributed by atoms with Crippen molar-refractivity contribution < 1.29 is 9.53 Å². The third kappa shape index (κ3) is 3.97. The summed E-state index contributed by atoms with van der Waals surface area (Å²) in [4.78, 5) is 29.0. The number of amides is 1. The molecule has 1 aromatic heterocycles. The van der Waals surface area contributed by atoms with Gasteiger partial charge in [-0.3, -0.25) is 9.69 Å². The van der Waals surface area contributed by atoms with E-state index in [1.165, 1.54) is 11.8 Å². The molecule has 0 unspecified atom stereocenters. The van der Waals surface area contributed by atoms with Crippen LogP contribution in [0.4, 0.5) is 17.1 Å². The molecule has 6 rings (SSSR count). The number of thiazole rings is 1. The van der Waals surface area contributed by atoms with E-state index in [9.17, 15) is 4.79 Å². The first-order valence-corrected chi connectivity index (χ1v) is 13.7. The van der Waals surface area contributed by atoms with Crippen molar-refractivity contribution in [3.63, 3.8) is 0 Å².